The van der Waals surface area contributed by atoms with Crippen molar-refractivity contribution in [1.82, 2.24) is 0 Å². The van der Waals surface area contributed by atoms with Gasteiger partial charge >= 0.3 is 0 Å². The van der Waals surface area contributed by atoms with Crippen LogP contribution in [0.5, 0.6) is 11.5 Å². The van der Waals surface area contributed by atoms with Crippen LogP contribution in [0.25, 0.3) is 0 Å². The van der Waals surface area contributed by atoms with Crippen LogP contribution in [-0.2, 0) is 11.2 Å². The van der Waals surface area contributed by atoms with Crippen LogP contribution in [0.1, 0.15) is 121 Å². The third kappa shape index (κ3) is 8.84. The van der Waals surface area contributed by atoms with E-state index in [0.717, 1.165) is 71.4 Å². The van der Waals surface area contributed by atoms with Crippen molar-refractivity contribution < 1.29 is 34.6 Å². The Balaban J connectivity index is 1.55. The number of hydrogen-bond donors (Lipinski definition) is 4. The van der Waals surface area contributed by atoms with E-state index in [9.17, 15) is 20.4 Å². The van der Waals surface area contributed by atoms with Gasteiger partial charge < -0.3 is 34.6 Å². The van der Waals surface area contributed by atoms with Gasteiger partial charge in [0.15, 0.2) is 0 Å². The highest BCUT2D eigenvalue weighted by atomic mass is 16.7. The lowest BCUT2D eigenvalue weighted by molar-refractivity contribution is -0.277. The zero-order valence-electron chi connectivity index (χ0n) is 27.6. The van der Waals surface area contributed by atoms with Gasteiger partial charge in [0.2, 0.25) is 6.29 Å². The van der Waals surface area contributed by atoms with Crippen LogP contribution >= 0.6 is 0 Å². The van der Waals surface area contributed by atoms with Gasteiger partial charge in [0.25, 0.3) is 0 Å². The average molecular weight is 593 g/mol. The van der Waals surface area contributed by atoms with Crippen LogP contribution < -0.4 is 9.47 Å². The maximum Gasteiger partial charge on any atom is 0.229 e. The summed E-state index contributed by atoms with van der Waals surface area (Å²) >= 11 is 0. The molecule has 0 spiro atoms. The molecule has 4 N–H and O–H groups in total. The lowest BCUT2D eigenvalue weighted by Gasteiger charge is -2.41. The molecule has 7 heteroatoms. The Morgan fingerprint density at radius 1 is 0.810 bits per heavy atom. The average Bonchev–Trinajstić information content (AvgIpc) is 2.93. The first-order valence-electron chi connectivity index (χ1n) is 16.6. The molecule has 0 aliphatic carbocycles. The standard InChI is InChI=1S/C35H60O7/c1-21(2)12-9-13-22(3)14-10-15-23(4)16-11-18-35(8)19-17-27-26(7)32(24(5)25(6)33(27)42-35)41-34-31(39)30(38)29(37)28(20-36)40-34/h21-23,28-31,34,36-39H,9-20H2,1-8H3/t22-,23-,28-,29-,30+,31+,34-,35-/m1/s1. The van der Waals surface area contributed by atoms with E-state index in [2.05, 4.69) is 34.6 Å². The first kappa shape index (κ1) is 35.1. The van der Waals surface area contributed by atoms with Gasteiger partial charge in [0.1, 0.15) is 41.5 Å². The number of benzene rings is 1. The molecule has 242 valence electrons. The van der Waals surface area contributed by atoms with Crippen molar-refractivity contribution >= 4 is 0 Å². The maximum atomic E-state index is 10.5. The predicted octanol–water partition coefficient (Wildman–Crippen LogP) is 6.31. The van der Waals surface area contributed by atoms with Crippen LogP contribution in [0, 0.1) is 38.5 Å². The Labute approximate surface area is 255 Å². The summed E-state index contributed by atoms with van der Waals surface area (Å²) in [5.41, 5.74) is 3.71. The van der Waals surface area contributed by atoms with Gasteiger partial charge in [-0.25, -0.2) is 0 Å². The second-order valence-electron chi connectivity index (χ2n) is 14.2. The van der Waals surface area contributed by atoms with E-state index >= 15 is 0 Å². The van der Waals surface area contributed by atoms with Gasteiger partial charge in [0, 0.05) is 5.56 Å². The molecule has 1 aromatic carbocycles. The lowest BCUT2D eigenvalue weighted by Crippen LogP contribution is -2.60. The summed E-state index contributed by atoms with van der Waals surface area (Å²) in [7, 11) is 0. The molecule has 0 aromatic heterocycles. The van der Waals surface area contributed by atoms with Crippen molar-refractivity contribution in [1.29, 1.82) is 0 Å². The van der Waals surface area contributed by atoms with E-state index in [1.165, 1.54) is 44.9 Å². The third-order valence-corrected chi connectivity index (χ3v) is 9.92. The molecule has 42 heavy (non-hydrogen) atoms. The fourth-order valence-corrected chi connectivity index (χ4v) is 6.72. The predicted molar refractivity (Wildman–Crippen MR) is 167 cm³/mol. The summed E-state index contributed by atoms with van der Waals surface area (Å²) in [6, 6.07) is 0. The van der Waals surface area contributed by atoms with Gasteiger partial charge in [-0.2, -0.15) is 0 Å². The van der Waals surface area contributed by atoms with Crippen LogP contribution in [-0.4, -0.2) is 63.3 Å². The van der Waals surface area contributed by atoms with Crippen LogP contribution in [0.2, 0.25) is 0 Å². The van der Waals surface area contributed by atoms with E-state index < -0.39 is 37.3 Å². The summed E-state index contributed by atoms with van der Waals surface area (Å²) in [4.78, 5) is 0. The Morgan fingerprint density at radius 3 is 2.00 bits per heavy atom. The normalized spacial score (nSPS) is 29.2. The minimum atomic E-state index is -1.48. The largest absolute Gasteiger partial charge is 0.487 e. The zero-order chi connectivity index (χ0) is 31.2. The Morgan fingerprint density at radius 2 is 1.40 bits per heavy atom. The number of rotatable bonds is 15. The Bertz CT molecular complexity index is 992. The van der Waals surface area contributed by atoms with Crippen LogP contribution in [0.4, 0.5) is 0 Å². The highest BCUT2D eigenvalue weighted by Crippen LogP contribution is 2.45. The topological polar surface area (TPSA) is 109 Å². The summed E-state index contributed by atoms with van der Waals surface area (Å²) < 4.78 is 18.5. The minimum Gasteiger partial charge on any atom is -0.487 e. The smallest absolute Gasteiger partial charge is 0.229 e. The lowest BCUT2D eigenvalue weighted by atomic mass is 9.83. The second kappa shape index (κ2) is 15.6. The third-order valence-electron chi connectivity index (χ3n) is 9.92. The summed E-state index contributed by atoms with van der Waals surface area (Å²) in [5, 5.41) is 40.4. The monoisotopic (exact) mass is 592 g/mol. The molecule has 1 saturated heterocycles. The molecule has 3 rings (SSSR count). The van der Waals surface area contributed by atoms with E-state index in [1.807, 2.05) is 20.8 Å². The van der Waals surface area contributed by atoms with E-state index in [1.54, 1.807) is 0 Å². The number of ether oxygens (including phenoxy) is 3. The Hall–Kier alpha value is -1.38. The first-order chi connectivity index (χ1) is 19.8. The molecule has 2 aliphatic heterocycles. The van der Waals surface area contributed by atoms with Crippen molar-refractivity contribution in [3.05, 3.63) is 22.3 Å². The van der Waals surface area contributed by atoms with Crippen molar-refractivity contribution in [2.24, 2.45) is 17.8 Å². The summed E-state index contributed by atoms with van der Waals surface area (Å²) in [5.74, 6) is 3.91. The van der Waals surface area contributed by atoms with Gasteiger partial charge in [-0.05, 0) is 87.8 Å². The van der Waals surface area contributed by atoms with Crippen molar-refractivity contribution in [3.8, 4) is 11.5 Å². The van der Waals surface area contributed by atoms with E-state index in [4.69, 9.17) is 14.2 Å². The SMILES string of the molecule is Cc1c(C)c2c(c(C)c1O[C@H]1O[C@H](CO)[C@@H](O)[C@H](O)[C@@H]1O)CC[C@@](C)(CCC[C@H](C)CCC[C@H](C)CCCC(C)C)O2. The molecular weight excluding hydrogens is 532 g/mol. The molecule has 1 fully saturated rings. The molecular formula is C35H60O7. The molecule has 8 atom stereocenters. The fourth-order valence-electron chi connectivity index (χ4n) is 6.72. The number of aliphatic hydroxyl groups is 4. The number of fused-ring (bicyclic) bond motifs is 1. The quantitative estimate of drug-likeness (QED) is 0.189. The van der Waals surface area contributed by atoms with Gasteiger partial charge in [-0.1, -0.05) is 72.6 Å². The Kier molecular flexibility index (Phi) is 13.0. The minimum absolute atomic E-state index is 0.207. The highest BCUT2D eigenvalue weighted by molar-refractivity contribution is 5.59. The first-order valence-corrected chi connectivity index (χ1v) is 16.6. The molecule has 2 heterocycles. The highest BCUT2D eigenvalue weighted by Gasteiger charge is 2.45. The zero-order valence-corrected chi connectivity index (χ0v) is 27.6. The van der Waals surface area contributed by atoms with E-state index in [-0.39, 0.29) is 5.60 Å². The van der Waals surface area contributed by atoms with Gasteiger partial charge in [0.05, 0.1) is 6.61 Å². The number of aliphatic hydroxyl groups excluding tert-OH is 4. The summed E-state index contributed by atoms with van der Waals surface area (Å²) in [6.07, 6.45) is 6.72. The van der Waals surface area contributed by atoms with Gasteiger partial charge in [-0.15, -0.1) is 0 Å². The number of hydrogen-bond acceptors (Lipinski definition) is 7. The molecule has 0 radical (unpaired) electrons. The van der Waals surface area contributed by atoms with Crippen molar-refractivity contribution in [2.75, 3.05) is 6.61 Å². The maximum absolute atomic E-state index is 10.5. The molecule has 2 aliphatic rings. The molecule has 0 bridgehead atoms. The second-order valence-corrected chi connectivity index (χ2v) is 14.2. The van der Waals surface area contributed by atoms with Crippen molar-refractivity contribution in [2.45, 2.75) is 162 Å². The molecule has 0 saturated carbocycles. The molecule has 0 unspecified atom stereocenters. The van der Waals surface area contributed by atoms with Gasteiger partial charge in [-0.3, -0.25) is 0 Å². The fraction of sp³-hybridized carbons (Fsp3) is 0.829. The molecule has 7 nitrogen and oxygen atoms in total. The van der Waals surface area contributed by atoms with E-state index in [0.29, 0.717) is 5.75 Å². The summed E-state index contributed by atoms with van der Waals surface area (Å²) in [6.45, 7) is 17.2. The van der Waals surface area contributed by atoms with Crippen molar-refractivity contribution in [3.63, 3.8) is 0 Å². The molecule has 0 amide bonds. The molecule has 1 aromatic rings. The van der Waals surface area contributed by atoms with Crippen LogP contribution in [0.15, 0.2) is 0 Å². The van der Waals surface area contributed by atoms with Crippen LogP contribution in [0.3, 0.4) is 0 Å².